The van der Waals surface area contributed by atoms with Crippen molar-refractivity contribution in [3.63, 3.8) is 0 Å². The molecule has 0 amide bonds. The van der Waals surface area contributed by atoms with Crippen molar-refractivity contribution in [3.05, 3.63) is 48.4 Å². The Morgan fingerprint density at radius 2 is 2.16 bits per heavy atom. The summed E-state index contributed by atoms with van der Waals surface area (Å²) in [5, 5.41) is 9.47. The summed E-state index contributed by atoms with van der Waals surface area (Å²) in [6.07, 6.45) is 4.34. The lowest BCUT2D eigenvalue weighted by atomic mass is 10.0. The average molecular weight is 333 g/mol. The van der Waals surface area contributed by atoms with Crippen molar-refractivity contribution in [2.75, 3.05) is 12.3 Å². The van der Waals surface area contributed by atoms with Gasteiger partial charge < -0.3 is 15.0 Å². The highest BCUT2D eigenvalue weighted by Crippen LogP contribution is 2.31. The van der Waals surface area contributed by atoms with Gasteiger partial charge in [-0.15, -0.1) is 0 Å². The topological polar surface area (TPSA) is 89.8 Å². The molecule has 0 spiro atoms. The van der Waals surface area contributed by atoms with E-state index in [9.17, 15) is 5.26 Å². The van der Waals surface area contributed by atoms with Crippen molar-refractivity contribution >= 4 is 5.82 Å². The van der Waals surface area contributed by atoms with Gasteiger partial charge in [0.05, 0.1) is 30.5 Å². The van der Waals surface area contributed by atoms with Crippen molar-refractivity contribution in [1.29, 1.82) is 5.26 Å². The Balaban J connectivity index is 2.11. The molecule has 1 aromatic carbocycles. The Bertz CT molecular complexity index is 939. The summed E-state index contributed by atoms with van der Waals surface area (Å²) in [5.74, 6) is 0.988. The highest BCUT2D eigenvalue weighted by molar-refractivity contribution is 5.78. The number of hydrogen-bond acceptors (Lipinski definition) is 5. The standard InChI is InChI=1S/C19H19N5O/c1-3-7-25-14-6-4-5-13(8-14)17-9-15(16(10-20)19(21)23-17)18-11-22-12-24(18)2/h4-6,8-9,11-12H,3,7H2,1-2H3,(H2,21,23). The monoisotopic (exact) mass is 333 g/mol. The second kappa shape index (κ2) is 7.05. The molecular formula is C19H19N5O. The number of aromatic nitrogens is 3. The highest BCUT2D eigenvalue weighted by atomic mass is 16.5. The van der Waals surface area contributed by atoms with Crippen LogP contribution in [-0.4, -0.2) is 21.1 Å². The molecule has 2 aromatic heterocycles. The molecule has 6 nitrogen and oxygen atoms in total. The van der Waals surface area contributed by atoms with Gasteiger partial charge >= 0.3 is 0 Å². The van der Waals surface area contributed by atoms with Crippen molar-refractivity contribution in [3.8, 4) is 34.3 Å². The Hall–Kier alpha value is -3.33. The van der Waals surface area contributed by atoms with Crippen LogP contribution in [0.1, 0.15) is 18.9 Å². The average Bonchev–Trinajstić information content (AvgIpc) is 3.05. The summed E-state index contributed by atoms with van der Waals surface area (Å²) < 4.78 is 7.54. The summed E-state index contributed by atoms with van der Waals surface area (Å²) in [6, 6.07) is 11.7. The lowest BCUT2D eigenvalue weighted by Gasteiger charge is -2.11. The Morgan fingerprint density at radius 3 is 2.84 bits per heavy atom. The number of rotatable bonds is 5. The smallest absolute Gasteiger partial charge is 0.142 e. The second-order valence-electron chi connectivity index (χ2n) is 5.69. The van der Waals surface area contributed by atoms with E-state index in [2.05, 4.69) is 23.0 Å². The largest absolute Gasteiger partial charge is 0.494 e. The van der Waals surface area contributed by atoms with Gasteiger partial charge in [-0.25, -0.2) is 9.97 Å². The second-order valence-corrected chi connectivity index (χ2v) is 5.69. The molecule has 2 N–H and O–H groups in total. The molecule has 0 aliphatic carbocycles. The molecule has 2 heterocycles. The molecular weight excluding hydrogens is 314 g/mol. The van der Waals surface area contributed by atoms with Gasteiger partial charge in [0, 0.05) is 18.2 Å². The molecule has 3 rings (SSSR count). The van der Waals surface area contributed by atoms with E-state index in [0.29, 0.717) is 23.4 Å². The zero-order valence-electron chi connectivity index (χ0n) is 14.2. The first-order valence-electron chi connectivity index (χ1n) is 8.04. The molecule has 0 unspecified atom stereocenters. The van der Waals surface area contributed by atoms with Crippen LogP contribution in [0.2, 0.25) is 0 Å². The predicted octanol–water partition coefficient (Wildman–Crippen LogP) is 3.39. The van der Waals surface area contributed by atoms with Gasteiger partial charge in [0.25, 0.3) is 0 Å². The Labute approximate surface area is 146 Å². The number of hydrogen-bond donors (Lipinski definition) is 1. The number of nitrogen functional groups attached to an aromatic ring is 1. The number of nitrogens with two attached hydrogens (primary N) is 1. The van der Waals surface area contributed by atoms with Gasteiger partial charge in [-0.1, -0.05) is 19.1 Å². The number of pyridine rings is 1. The summed E-state index contributed by atoms with van der Waals surface area (Å²) in [7, 11) is 1.87. The lowest BCUT2D eigenvalue weighted by molar-refractivity contribution is 0.317. The van der Waals surface area contributed by atoms with Gasteiger partial charge in [0.15, 0.2) is 0 Å². The molecule has 0 bridgehead atoms. The lowest BCUT2D eigenvalue weighted by Crippen LogP contribution is -2.02. The highest BCUT2D eigenvalue weighted by Gasteiger charge is 2.15. The summed E-state index contributed by atoms with van der Waals surface area (Å²) in [4.78, 5) is 8.53. The summed E-state index contributed by atoms with van der Waals surface area (Å²) in [5.41, 5.74) is 9.50. The first kappa shape index (κ1) is 16.5. The number of nitriles is 1. The fourth-order valence-electron chi connectivity index (χ4n) is 2.61. The molecule has 0 saturated carbocycles. The van der Waals surface area contributed by atoms with Crippen LogP contribution >= 0.6 is 0 Å². The predicted molar refractivity (Wildman–Crippen MR) is 96.8 cm³/mol. The minimum atomic E-state index is 0.205. The summed E-state index contributed by atoms with van der Waals surface area (Å²) >= 11 is 0. The Morgan fingerprint density at radius 1 is 1.32 bits per heavy atom. The molecule has 0 atom stereocenters. The third kappa shape index (κ3) is 3.31. The molecule has 0 fully saturated rings. The van der Waals surface area contributed by atoms with Gasteiger partial charge in [-0.05, 0) is 24.6 Å². The van der Waals surface area contributed by atoms with E-state index in [0.717, 1.165) is 23.4 Å². The number of aryl methyl sites for hydroxylation is 1. The molecule has 25 heavy (non-hydrogen) atoms. The van der Waals surface area contributed by atoms with Gasteiger partial charge in [-0.2, -0.15) is 5.26 Å². The maximum absolute atomic E-state index is 9.47. The van der Waals surface area contributed by atoms with Crippen LogP contribution in [0.5, 0.6) is 5.75 Å². The number of nitrogens with zero attached hydrogens (tertiary/aromatic N) is 4. The fourth-order valence-corrected chi connectivity index (χ4v) is 2.61. The fraction of sp³-hybridized carbons (Fsp3) is 0.211. The van der Waals surface area contributed by atoms with Gasteiger partial charge in [-0.3, -0.25) is 0 Å². The van der Waals surface area contributed by atoms with E-state index in [1.54, 1.807) is 12.5 Å². The molecule has 6 heteroatoms. The molecule has 0 radical (unpaired) electrons. The molecule has 126 valence electrons. The Kier molecular flexibility index (Phi) is 4.66. The van der Waals surface area contributed by atoms with Crippen LogP contribution in [0.25, 0.3) is 22.5 Å². The molecule has 0 aliphatic rings. The van der Waals surface area contributed by atoms with Crippen molar-refractivity contribution in [2.45, 2.75) is 13.3 Å². The maximum Gasteiger partial charge on any atom is 0.142 e. The van der Waals surface area contributed by atoms with Crippen LogP contribution in [0.4, 0.5) is 5.82 Å². The van der Waals surface area contributed by atoms with E-state index < -0.39 is 0 Å². The molecule has 0 saturated heterocycles. The zero-order valence-corrected chi connectivity index (χ0v) is 14.2. The van der Waals surface area contributed by atoms with E-state index in [4.69, 9.17) is 10.5 Å². The van der Waals surface area contributed by atoms with E-state index in [1.165, 1.54) is 0 Å². The SMILES string of the molecule is CCCOc1cccc(-c2cc(-c3cncn3C)c(C#N)c(N)n2)c1. The van der Waals surface area contributed by atoms with Gasteiger partial charge in [0.2, 0.25) is 0 Å². The summed E-state index contributed by atoms with van der Waals surface area (Å²) in [6.45, 7) is 2.72. The van der Waals surface area contributed by atoms with Crippen LogP contribution in [0, 0.1) is 11.3 Å². The van der Waals surface area contributed by atoms with Crippen LogP contribution < -0.4 is 10.5 Å². The van der Waals surface area contributed by atoms with E-state index >= 15 is 0 Å². The van der Waals surface area contributed by atoms with Crippen LogP contribution in [0.3, 0.4) is 0 Å². The first-order valence-corrected chi connectivity index (χ1v) is 8.04. The minimum Gasteiger partial charge on any atom is -0.494 e. The maximum atomic E-state index is 9.47. The van der Waals surface area contributed by atoms with Crippen LogP contribution in [0.15, 0.2) is 42.9 Å². The number of anilines is 1. The third-order valence-electron chi connectivity index (χ3n) is 3.85. The van der Waals surface area contributed by atoms with Crippen molar-refractivity contribution in [1.82, 2.24) is 14.5 Å². The van der Waals surface area contributed by atoms with Gasteiger partial charge in [0.1, 0.15) is 23.2 Å². The quantitative estimate of drug-likeness (QED) is 0.773. The number of imidazole rings is 1. The molecule has 0 aliphatic heterocycles. The molecule has 3 aromatic rings. The number of benzene rings is 1. The van der Waals surface area contributed by atoms with E-state index in [-0.39, 0.29) is 5.82 Å². The third-order valence-corrected chi connectivity index (χ3v) is 3.85. The minimum absolute atomic E-state index is 0.205. The van der Waals surface area contributed by atoms with E-state index in [1.807, 2.05) is 41.9 Å². The normalized spacial score (nSPS) is 10.4. The van der Waals surface area contributed by atoms with Crippen molar-refractivity contribution < 1.29 is 4.74 Å². The number of ether oxygens (including phenoxy) is 1. The van der Waals surface area contributed by atoms with Crippen LogP contribution in [-0.2, 0) is 7.05 Å². The van der Waals surface area contributed by atoms with Crippen molar-refractivity contribution in [2.24, 2.45) is 7.05 Å². The zero-order chi connectivity index (χ0) is 17.8. The first-order chi connectivity index (χ1) is 12.1.